The van der Waals surface area contributed by atoms with Gasteiger partial charge in [-0.1, -0.05) is 150 Å². The maximum Gasteiger partial charge on any atom is 0.138 e. The van der Waals surface area contributed by atoms with Gasteiger partial charge in [-0.3, -0.25) is 4.57 Å². The molecule has 2 aliphatic heterocycles. The Morgan fingerprint density at radius 1 is 0.535 bits per heavy atom. The van der Waals surface area contributed by atoms with E-state index in [4.69, 9.17) is 14.7 Å². The van der Waals surface area contributed by atoms with E-state index in [0.29, 0.717) is 12.4 Å². The minimum absolute atomic E-state index is 0.0662. The SMILES string of the molecule is CN1CN2c3cc(Oc4cc5c(cc4-c4ccncn4)c4ccccc4n5-c4ccccn4)ccc3C3(c4cccc1c42)c1c(cc(C(C)(C)C)cc1C(C)(C)C)-c1cc(C(C)(C)C)cc(C(C)(C)C)c13. The van der Waals surface area contributed by atoms with E-state index in [1.807, 2.05) is 24.4 Å². The van der Waals surface area contributed by atoms with Crippen molar-refractivity contribution < 1.29 is 4.74 Å². The third-order valence-corrected chi connectivity index (χ3v) is 15.5. The van der Waals surface area contributed by atoms with Crippen molar-refractivity contribution in [2.75, 3.05) is 23.5 Å². The summed E-state index contributed by atoms with van der Waals surface area (Å²) in [5.74, 6) is 2.30. The Balaban J connectivity index is 1.17. The number of pyridine rings is 1. The molecule has 12 rings (SSSR count). The van der Waals surface area contributed by atoms with E-state index >= 15 is 0 Å². The van der Waals surface area contributed by atoms with Crippen LogP contribution in [0.25, 0.3) is 50.0 Å². The van der Waals surface area contributed by atoms with Gasteiger partial charge in [0.1, 0.15) is 23.6 Å². The molecule has 7 heteroatoms. The van der Waals surface area contributed by atoms with Crippen LogP contribution in [0.3, 0.4) is 0 Å². The lowest BCUT2D eigenvalue weighted by atomic mass is 9.59. The highest BCUT2D eigenvalue weighted by molar-refractivity contribution is 6.11. The summed E-state index contributed by atoms with van der Waals surface area (Å²) in [6.07, 6.45) is 5.26. The molecule has 0 N–H and O–H groups in total. The second-order valence-corrected chi connectivity index (χ2v) is 24.4. The first-order valence-electron chi connectivity index (χ1n) is 25.2. The van der Waals surface area contributed by atoms with Gasteiger partial charge in [-0.15, -0.1) is 0 Å². The lowest BCUT2D eigenvalue weighted by Gasteiger charge is -2.46. The van der Waals surface area contributed by atoms with Crippen LogP contribution in [-0.2, 0) is 27.1 Å². The molecule has 0 saturated carbocycles. The smallest absolute Gasteiger partial charge is 0.138 e. The number of ether oxygens (including phenoxy) is 1. The minimum Gasteiger partial charge on any atom is -0.457 e. The number of hydrogen-bond donors (Lipinski definition) is 0. The lowest BCUT2D eigenvalue weighted by Crippen LogP contribution is -2.40. The summed E-state index contributed by atoms with van der Waals surface area (Å²) in [6, 6.07) is 45.2. The fourth-order valence-corrected chi connectivity index (χ4v) is 12.1. The summed E-state index contributed by atoms with van der Waals surface area (Å²) in [7, 11) is 2.23. The van der Waals surface area contributed by atoms with Gasteiger partial charge in [0, 0.05) is 47.9 Å². The molecule has 0 radical (unpaired) electrons. The fraction of sp³-hybridized carbons (Fsp3) is 0.297. The molecule has 3 aliphatic rings. The number of fused-ring (bicyclic) bond motifs is 12. The summed E-state index contributed by atoms with van der Waals surface area (Å²) >= 11 is 0. The Kier molecular flexibility index (Phi) is 9.57. The summed E-state index contributed by atoms with van der Waals surface area (Å²) in [4.78, 5) is 18.9. The second kappa shape index (κ2) is 15.1. The summed E-state index contributed by atoms with van der Waals surface area (Å²) in [5, 5.41) is 2.23. The van der Waals surface area contributed by atoms with Gasteiger partial charge in [-0.25, -0.2) is 15.0 Å². The number of anilines is 3. The van der Waals surface area contributed by atoms with Crippen LogP contribution in [0.1, 0.15) is 128 Å². The molecule has 6 aromatic carbocycles. The van der Waals surface area contributed by atoms with Gasteiger partial charge >= 0.3 is 0 Å². The number of benzene rings is 6. The van der Waals surface area contributed by atoms with Gasteiger partial charge in [0.25, 0.3) is 0 Å². The highest BCUT2D eigenvalue weighted by atomic mass is 16.5. The monoisotopic (exact) mass is 933 g/mol. The minimum atomic E-state index is -0.655. The first-order valence-corrected chi connectivity index (χ1v) is 25.2. The number of para-hydroxylation sites is 2. The summed E-state index contributed by atoms with van der Waals surface area (Å²) in [5.41, 5.74) is 19.9. The predicted octanol–water partition coefficient (Wildman–Crippen LogP) is 15.8. The molecule has 0 fully saturated rings. The zero-order valence-electron chi connectivity index (χ0n) is 43.6. The van der Waals surface area contributed by atoms with E-state index in [1.54, 1.807) is 12.5 Å². The summed E-state index contributed by atoms with van der Waals surface area (Å²) < 4.78 is 9.60. The van der Waals surface area contributed by atoms with E-state index in [2.05, 4.69) is 213 Å². The van der Waals surface area contributed by atoms with Gasteiger partial charge in [0.2, 0.25) is 0 Å². The Labute approximate surface area is 419 Å². The first-order chi connectivity index (χ1) is 33.7. The fourth-order valence-electron chi connectivity index (χ4n) is 12.1. The van der Waals surface area contributed by atoms with Crippen molar-refractivity contribution >= 4 is 38.9 Å². The Bertz CT molecular complexity index is 3570. The molecule has 0 saturated heterocycles. The van der Waals surface area contributed by atoms with Crippen LogP contribution < -0.4 is 14.5 Å². The molecular formula is C64H64N6O. The van der Waals surface area contributed by atoms with Gasteiger partial charge in [-0.2, -0.15) is 0 Å². The maximum absolute atomic E-state index is 7.37. The highest BCUT2D eigenvalue weighted by Crippen LogP contribution is 2.68. The first kappa shape index (κ1) is 44.9. The number of hydrogen-bond acceptors (Lipinski definition) is 6. The number of nitrogens with zero attached hydrogens (tertiary/aromatic N) is 6. The zero-order valence-corrected chi connectivity index (χ0v) is 43.6. The second-order valence-electron chi connectivity index (χ2n) is 24.4. The Morgan fingerprint density at radius 3 is 1.83 bits per heavy atom. The van der Waals surface area contributed by atoms with Crippen LogP contribution in [0, 0.1) is 0 Å². The lowest BCUT2D eigenvalue weighted by molar-refractivity contribution is 0.484. The topological polar surface area (TPSA) is 59.3 Å². The van der Waals surface area contributed by atoms with E-state index < -0.39 is 5.41 Å². The molecule has 3 aromatic heterocycles. The van der Waals surface area contributed by atoms with Crippen LogP contribution in [0.4, 0.5) is 17.1 Å². The van der Waals surface area contributed by atoms with Gasteiger partial charge in [-0.05, 0) is 120 Å². The maximum atomic E-state index is 7.37. The van der Waals surface area contributed by atoms with Crippen LogP contribution >= 0.6 is 0 Å². The molecular weight excluding hydrogens is 869 g/mol. The van der Waals surface area contributed by atoms with Crippen LogP contribution in [0.2, 0.25) is 0 Å². The molecule has 5 heterocycles. The van der Waals surface area contributed by atoms with E-state index in [1.165, 1.54) is 67.0 Å². The Hall–Kier alpha value is -7.25. The largest absolute Gasteiger partial charge is 0.457 e. The molecule has 0 unspecified atom stereocenters. The van der Waals surface area contributed by atoms with Crippen molar-refractivity contribution in [2.45, 2.75) is 110 Å². The predicted molar refractivity (Wildman–Crippen MR) is 294 cm³/mol. The molecule has 0 amide bonds. The van der Waals surface area contributed by atoms with E-state index in [-0.39, 0.29) is 21.7 Å². The van der Waals surface area contributed by atoms with Gasteiger partial charge in [0.15, 0.2) is 0 Å². The molecule has 1 spiro atoms. The van der Waals surface area contributed by atoms with Crippen molar-refractivity contribution in [2.24, 2.45) is 0 Å². The molecule has 356 valence electrons. The molecule has 1 aliphatic carbocycles. The molecule has 0 atom stereocenters. The molecule has 9 aromatic rings. The standard InChI is InChI=1S/C64H64N6O/c1-60(2,3)38-29-43-44-30-39(61(4,5)6)32-49(63(10,11)12)58(44)64(57(43)48(31-38)62(7,8)9)46-25-24-40(33-54(46)69-37-68(13)52-22-18-20-47(64)59(52)69)71-55-35-53-42(34-45(55)50-26-28-65-36-67-50)41-19-14-15-21-51(41)70(53)56-23-16-17-27-66-56/h14-36H,37H2,1-13H3. The molecule has 7 nitrogen and oxygen atoms in total. The van der Waals surface area contributed by atoms with E-state index in [0.717, 1.165) is 50.3 Å². The average molecular weight is 933 g/mol. The Morgan fingerprint density at radius 2 is 1.21 bits per heavy atom. The normalized spacial score (nSPS) is 14.8. The van der Waals surface area contributed by atoms with Crippen molar-refractivity contribution in [3.05, 3.63) is 185 Å². The summed E-state index contributed by atoms with van der Waals surface area (Å²) in [6.45, 7) is 29.3. The van der Waals surface area contributed by atoms with Crippen LogP contribution in [0.15, 0.2) is 140 Å². The molecule has 71 heavy (non-hydrogen) atoms. The van der Waals surface area contributed by atoms with Crippen molar-refractivity contribution in [3.63, 3.8) is 0 Å². The highest BCUT2D eigenvalue weighted by Gasteiger charge is 2.57. The van der Waals surface area contributed by atoms with Crippen LogP contribution in [0.5, 0.6) is 11.5 Å². The van der Waals surface area contributed by atoms with Gasteiger partial charge < -0.3 is 14.5 Å². The van der Waals surface area contributed by atoms with Crippen molar-refractivity contribution in [1.29, 1.82) is 0 Å². The molecule has 0 bridgehead atoms. The zero-order chi connectivity index (χ0) is 49.7. The van der Waals surface area contributed by atoms with Crippen LogP contribution in [-0.4, -0.2) is 33.2 Å². The third-order valence-electron chi connectivity index (χ3n) is 15.5. The van der Waals surface area contributed by atoms with E-state index in [9.17, 15) is 0 Å². The quantitative estimate of drug-likeness (QED) is 0.175. The van der Waals surface area contributed by atoms with Crippen molar-refractivity contribution in [3.8, 4) is 39.7 Å². The van der Waals surface area contributed by atoms with Gasteiger partial charge in [0.05, 0.1) is 45.9 Å². The van der Waals surface area contributed by atoms with Crippen molar-refractivity contribution in [1.82, 2.24) is 19.5 Å². The number of rotatable bonds is 4. The third kappa shape index (κ3) is 6.64. The average Bonchev–Trinajstić information content (AvgIpc) is 3.95. The number of aromatic nitrogens is 4.